The molecule has 4 rings (SSSR count). The van der Waals surface area contributed by atoms with E-state index in [4.69, 9.17) is 9.47 Å². The fourth-order valence-electron chi connectivity index (χ4n) is 3.41. The second-order valence-corrected chi connectivity index (χ2v) is 8.68. The van der Waals surface area contributed by atoms with Crippen LogP contribution in [0.4, 0.5) is 0 Å². The molecule has 0 aliphatic carbocycles. The third-order valence-electron chi connectivity index (χ3n) is 5.30. The molecule has 36 heavy (non-hydrogen) atoms. The van der Waals surface area contributed by atoms with Crippen LogP contribution in [0.25, 0.3) is 17.1 Å². The zero-order valence-electron chi connectivity index (χ0n) is 20.1. The molecule has 0 saturated carbocycles. The number of aromatic hydroxyl groups is 1. The van der Waals surface area contributed by atoms with Crippen molar-refractivity contribution in [1.29, 1.82) is 0 Å². The Kier molecular flexibility index (Phi) is 7.86. The molecule has 0 aliphatic rings. The van der Waals surface area contributed by atoms with E-state index in [2.05, 4.69) is 20.7 Å². The average molecular weight is 505 g/mol. The Balaban J connectivity index is 1.51. The van der Waals surface area contributed by atoms with E-state index in [0.717, 1.165) is 28.4 Å². The molecule has 0 bridgehead atoms. The van der Waals surface area contributed by atoms with Crippen molar-refractivity contribution in [3.63, 3.8) is 0 Å². The van der Waals surface area contributed by atoms with E-state index in [9.17, 15) is 9.90 Å². The van der Waals surface area contributed by atoms with Crippen molar-refractivity contribution >= 4 is 23.9 Å². The molecule has 3 aromatic carbocycles. The van der Waals surface area contributed by atoms with Gasteiger partial charge in [-0.05, 0) is 67.2 Å². The number of benzene rings is 3. The molecule has 0 spiro atoms. The minimum absolute atomic E-state index is 0.0481. The number of hydrazone groups is 1. The van der Waals surface area contributed by atoms with Crippen molar-refractivity contribution in [1.82, 2.24) is 15.6 Å². The van der Waals surface area contributed by atoms with E-state index < -0.39 is 0 Å². The van der Waals surface area contributed by atoms with Gasteiger partial charge in [-0.25, -0.2) is 5.43 Å². The van der Waals surface area contributed by atoms with E-state index in [1.54, 1.807) is 25.3 Å². The summed E-state index contributed by atoms with van der Waals surface area (Å²) in [6.07, 6.45) is 1.36. The first-order valence-electron chi connectivity index (χ1n) is 11.0. The molecule has 0 fully saturated rings. The minimum Gasteiger partial charge on any atom is -0.504 e. The van der Waals surface area contributed by atoms with Gasteiger partial charge in [0.25, 0.3) is 11.7 Å². The monoisotopic (exact) mass is 504 g/mol. The highest BCUT2D eigenvalue weighted by atomic mass is 32.2. The third kappa shape index (κ3) is 5.66. The first kappa shape index (κ1) is 24.8. The van der Waals surface area contributed by atoms with Crippen LogP contribution in [0.5, 0.6) is 17.2 Å². The van der Waals surface area contributed by atoms with E-state index >= 15 is 0 Å². The highest BCUT2D eigenvalue weighted by Gasteiger charge is 2.24. The highest BCUT2D eigenvalue weighted by molar-refractivity contribution is 7.99. The maximum atomic E-state index is 12.5. The Morgan fingerprint density at radius 2 is 1.86 bits per heavy atom. The number of aromatic amines is 1. The van der Waals surface area contributed by atoms with Crippen molar-refractivity contribution in [2.75, 3.05) is 20.0 Å². The third-order valence-corrected chi connectivity index (χ3v) is 6.24. The normalized spacial score (nSPS) is 11.0. The lowest BCUT2D eigenvalue weighted by molar-refractivity contribution is -0.625. The highest BCUT2D eigenvalue weighted by Crippen LogP contribution is 2.28. The summed E-state index contributed by atoms with van der Waals surface area (Å²) >= 11 is 1.27. The quantitative estimate of drug-likeness (QED) is 0.139. The minimum atomic E-state index is -0.320. The Hall–Kier alpha value is -4.31. The summed E-state index contributed by atoms with van der Waals surface area (Å²) in [4.78, 5) is 12.5. The second-order valence-electron chi connectivity index (χ2n) is 7.73. The van der Waals surface area contributed by atoms with Gasteiger partial charge in [-0.1, -0.05) is 23.8 Å². The van der Waals surface area contributed by atoms with Crippen LogP contribution in [0.15, 0.2) is 77.0 Å². The van der Waals surface area contributed by atoms with Gasteiger partial charge in [-0.15, -0.1) is 5.10 Å². The summed E-state index contributed by atoms with van der Waals surface area (Å²) in [6, 6.07) is 20.7. The number of nitrogens with zero attached hydrogens (tertiary/aromatic N) is 3. The molecule has 0 atom stereocenters. The summed E-state index contributed by atoms with van der Waals surface area (Å²) in [7, 11) is 3.09. The lowest BCUT2D eigenvalue weighted by Gasteiger charge is -2.06. The molecule has 3 N–H and O–H groups in total. The first-order valence-corrected chi connectivity index (χ1v) is 12.0. The molecular formula is C26H26N5O4S+. The molecule has 1 aromatic heterocycles. The second kappa shape index (κ2) is 11.4. The molecule has 0 unspecified atom stereocenters. The Morgan fingerprint density at radius 3 is 2.56 bits per heavy atom. The molecule has 9 nitrogen and oxygen atoms in total. The molecule has 0 aliphatic heterocycles. The molecule has 10 heteroatoms. The number of phenolic OH excluding ortho intramolecular Hbond substituents is 1. The summed E-state index contributed by atoms with van der Waals surface area (Å²) in [5.74, 6) is 1.57. The fraction of sp³-hybridized carbons (Fsp3) is 0.154. The zero-order valence-corrected chi connectivity index (χ0v) is 20.9. The van der Waals surface area contributed by atoms with Gasteiger partial charge < -0.3 is 14.6 Å². The standard InChI is InChI=1S/C26H25N5O4S/c1-17-7-9-18(10-8-17)25-29-30-26(31(25)20-11-13-21(34-2)14-12-20)36-16-23(32)28-27-15-19-5-4-6-22(35-3)24(19)33/h4-15H,16H2,1-3H3,(H2,27,28,32,33)/p+1. The molecular weight excluding hydrogens is 478 g/mol. The smallest absolute Gasteiger partial charge is 0.342 e. The maximum absolute atomic E-state index is 12.5. The van der Waals surface area contributed by atoms with Gasteiger partial charge in [-0.3, -0.25) is 4.79 Å². The molecule has 1 heterocycles. The maximum Gasteiger partial charge on any atom is 0.342 e. The largest absolute Gasteiger partial charge is 0.504 e. The topological polar surface area (TPSA) is 113 Å². The predicted octanol–water partition coefficient (Wildman–Crippen LogP) is 3.63. The van der Waals surface area contributed by atoms with E-state index in [-0.39, 0.29) is 17.4 Å². The Labute approximate surface area is 212 Å². The SMILES string of the molecule is COc1ccc(-[n+]2c(SCC(=O)NN=Cc3cccc(OC)c3O)n[nH]c2-c2ccc(C)cc2)cc1. The number of ether oxygens (including phenoxy) is 2. The number of methoxy groups -OCH3 is 2. The number of thioether (sulfide) groups is 1. The number of hydrogen-bond donors (Lipinski definition) is 3. The molecule has 4 aromatic rings. The average Bonchev–Trinajstić information content (AvgIpc) is 3.33. The lowest BCUT2D eigenvalue weighted by Crippen LogP contribution is -2.34. The van der Waals surface area contributed by atoms with Crippen LogP contribution >= 0.6 is 11.8 Å². The van der Waals surface area contributed by atoms with Crippen molar-refractivity contribution in [3.05, 3.63) is 77.9 Å². The van der Waals surface area contributed by atoms with Crippen LogP contribution in [0, 0.1) is 6.92 Å². The number of hydrogen-bond acceptors (Lipinski definition) is 7. The number of H-pyrrole nitrogens is 1. The van der Waals surface area contributed by atoms with Crippen LogP contribution in [0.2, 0.25) is 0 Å². The van der Waals surface area contributed by atoms with Gasteiger partial charge >= 0.3 is 5.16 Å². The van der Waals surface area contributed by atoms with Crippen LogP contribution in [0.1, 0.15) is 11.1 Å². The summed E-state index contributed by atoms with van der Waals surface area (Å²) in [5, 5.41) is 22.3. The van der Waals surface area contributed by atoms with E-state index in [0.29, 0.717) is 16.5 Å². The molecule has 1 amide bonds. The van der Waals surface area contributed by atoms with Crippen molar-refractivity contribution in [2.45, 2.75) is 12.1 Å². The number of aromatic nitrogens is 3. The number of para-hydroxylation sites is 1. The first-order chi connectivity index (χ1) is 17.5. The number of carbonyl (C=O) groups is 1. The van der Waals surface area contributed by atoms with Gasteiger partial charge in [0.1, 0.15) is 11.4 Å². The number of carbonyl (C=O) groups excluding carboxylic acids is 1. The van der Waals surface area contributed by atoms with Gasteiger partial charge in [0.05, 0.1) is 36.8 Å². The predicted molar refractivity (Wildman–Crippen MR) is 138 cm³/mol. The van der Waals surface area contributed by atoms with Crippen molar-refractivity contribution in [2.24, 2.45) is 5.10 Å². The van der Waals surface area contributed by atoms with Gasteiger partial charge in [0.2, 0.25) is 0 Å². The molecule has 184 valence electrons. The summed E-state index contributed by atoms with van der Waals surface area (Å²) < 4.78 is 12.3. The molecule has 0 radical (unpaired) electrons. The summed E-state index contributed by atoms with van der Waals surface area (Å²) in [5.41, 5.74) is 5.89. The van der Waals surface area contributed by atoms with Gasteiger partial charge in [0.15, 0.2) is 11.5 Å². The lowest BCUT2D eigenvalue weighted by atomic mass is 10.1. The Morgan fingerprint density at radius 1 is 1.11 bits per heavy atom. The van der Waals surface area contributed by atoms with Crippen LogP contribution < -0.4 is 19.5 Å². The van der Waals surface area contributed by atoms with E-state index in [1.165, 1.54) is 25.1 Å². The number of amides is 1. The van der Waals surface area contributed by atoms with Crippen LogP contribution in [-0.4, -0.2) is 47.4 Å². The van der Waals surface area contributed by atoms with Gasteiger partial charge in [-0.2, -0.15) is 9.67 Å². The summed E-state index contributed by atoms with van der Waals surface area (Å²) in [6.45, 7) is 2.03. The number of phenols is 1. The number of rotatable bonds is 9. The van der Waals surface area contributed by atoms with E-state index in [1.807, 2.05) is 60.0 Å². The van der Waals surface area contributed by atoms with Gasteiger partial charge in [0, 0.05) is 5.56 Å². The fourth-order valence-corrected chi connectivity index (χ4v) is 4.17. The van der Waals surface area contributed by atoms with Crippen molar-refractivity contribution < 1.29 is 23.9 Å². The zero-order chi connectivity index (χ0) is 25.5. The van der Waals surface area contributed by atoms with Crippen molar-refractivity contribution in [3.8, 4) is 34.3 Å². The van der Waals surface area contributed by atoms with Crippen LogP contribution in [-0.2, 0) is 4.79 Å². The number of nitrogens with one attached hydrogen (secondary N) is 2. The number of aryl methyl sites for hydroxylation is 1. The molecule has 0 saturated heterocycles. The Bertz CT molecular complexity index is 1370. The van der Waals surface area contributed by atoms with Crippen LogP contribution in [0.3, 0.4) is 0 Å².